The van der Waals surface area contributed by atoms with E-state index in [1.54, 1.807) is 11.3 Å². The molecule has 2 nitrogen and oxygen atoms in total. The Balaban J connectivity index is 1.24. The molecule has 7 aromatic carbocycles. The highest BCUT2D eigenvalue weighted by molar-refractivity contribution is 7.18. The fourth-order valence-electron chi connectivity index (χ4n) is 7.18. The first-order valence-corrected chi connectivity index (χ1v) is 18.3. The Bertz CT molecular complexity index is 2730. The molecule has 0 N–H and O–H groups in total. The minimum atomic E-state index is 0.0127. The van der Waals surface area contributed by atoms with Gasteiger partial charge in [0.2, 0.25) is 0 Å². The molecule has 244 valence electrons. The van der Waals surface area contributed by atoms with Crippen LogP contribution in [0.4, 0.5) is 0 Å². The number of thiazole rings is 1. The Hall–Kier alpha value is -5.90. The average Bonchev–Trinajstić information content (AvgIpc) is 3.62. The lowest BCUT2D eigenvalue weighted by Crippen LogP contribution is -2.09. The summed E-state index contributed by atoms with van der Waals surface area (Å²) in [5, 5.41) is 5.93. The summed E-state index contributed by atoms with van der Waals surface area (Å²) in [5.74, 6) is 0. The Morgan fingerprint density at radius 1 is 0.451 bits per heavy atom. The molecule has 0 spiro atoms. The number of hydrogen-bond acceptors (Lipinski definition) is 3. The summed E-state index contributed by atoms with van der Waals surface area (Å²) in [4.78, 5) is 10.4. The first-order valence-electron chi connectivity index (χ1n) is 17.5. The minimum Gasteiger partial charge on any atom is -0.247 e. The van der Waals surface area contributed by atoms with Crippen LogP contribution in [-0.4, -0.2) is 9.97 Å². The van der Waals surface area contributed by atoms with E-state index in [4.69, 9.17) is 9.97 Å². The second-order valence-corrected chi connectivity index (χ2v) is 15.3. The van der Waals surface area contributed by atoms with Crippen molar-refractivity contribution in [1.29, 1.82) is 0 Å². The molecule has 0 atom stereocenters. The van der Waals surface area contributed by atoms with Crippen LogP contribution in [0.15, 0.2) is 164 Å². The fourth-order valence-corrected chi connectivity index (χ4v) is 8.18. The van der Waals surface area contributed by atoms with Crippen molar-refractivity contribution in [2.24, 2.45) is 0 Å². The number of rotatable bonds is 5. The predicted molar refractivity (Wildman–Crippen MR) is 218 cm³/mol. The third-order valence-corrected chi connectivity index (χ3v) is 11.2. The molecular formula is C48H36N2S. The highest BCUT2D eigenvalue weighted by atomic mass is 32.1. The second-order valence-electron chi connectivity index (χ2n) is 14.2. The van der Waals surface area contributed by atoms with Crippen LogP contribution >= 0.6 is 11.3 Å². The quantitative estimate of drug-likeness (QED) is 0.182. The summed E-state index contributed by atoms with van der Waals surface area (Å²) in [6.45, 7) is 6.70. The van der Waals surface area contributed by atoms with Gasteiger partial charge in [-0.3, -0.25) is 0 Å². The third kappa shape index (κ3) is 5.70. The summed E-state index contributed by atoms with van der Waals surface area (Å²) in [6.07, 6.45) is 0. The van der Waals surface area contributed by atoms with Crippen LogP contribution in [0.2, 0.25) is 0 Å². The highest BCUT2D eigenvalue weighted by Crippen LogP contribution is 2.44. The lowest BCUT2D eigenvalue weighted by molar-refractivity contribution is 0.587. The maximum Gasteiger partial charge on any atom is 0.0992 e. The molecule has 0 unspecified atom stereocenters. The lowest BCUT2D eigenvalue weighted by Gasteiger charge is -2.18. The Labute approximate surface area is 302 Å². The zero-order valence-electron chi connectivity index (χ0n) is 28.9. The van der Waals surface area contributed by atoms with Gasteiger partial charge in [0.25, 0.3) is 0 Å². The van der Waals surface area contributed by atoms with Gasteiger partial charge in [0.15, 0.2) is 0 Å². The first kappa shape index (κ1) is 31.1. The van der Waals surface area contributed by atoms with Crippen molar-refractivity contribution < 1.29 is 0 Å². The first-order chi connectivity index (χ1) is 24.9. The number of fused-ring (bicyclic) bond motifs is 3. The topological polar surface area (TPSA) is 25.8 Å². The number of hydrogen-bond donors (Lipinski definition) is 0. The van der Waals surface area contributed by atoms with Crippen molar-refractivity contribution in [3.63, 3.8) is 0 Å². The van der Waals surface area contributed by atoms with E-state index in [0.29, 0.717) is 0 Å². The normalized spacial score (nSPS) is 11.8. The van der Waals surface area contributed by atoms with Crippen molar-refractivity contribution in [2.75, 3.05) is 0 Å². The van der Waals surface area contributed by atoms with Crippen LogP contribution in [0.3, 0.4) is 0 Å². The standard InChI is InChI=1S/C48H36N2S/c1-48(2,3)47-50-43-30-35(25-27-44(43)51-47)37-20-11-12-23-41(37)45-38-21-9-7-14-31(38)24-26-39(45)33-18-13-19-36(28-33)46-40-22-10-8-17-34(40)29-42(49-46)32-15-5-4-6-16-32/h4-30H,1-3H3. The fraction of sp³-hybridized carbons (Fsp3) is 0.0833. The molecule has 0 aliphatic carbocycles. The Kier molecular flexibility index (Phi) is 7.60. The van der Waals surface area contributed by atoms with Gasteiger partial charge < -0.3 is 0 Å². The SMILES string of the molecule is CC(C)(C)c1nc2cc(-c3ccccc3-c3c(-c4cccc(-c5nc(-c6ccccc6)cc6ccccc56)c4)ccc4ccccc34)ccc2s1. The van der Waals surface area contributed by atoms with Crippen molar-refractivity contribution in [3.8, 4) is 55.9 Å². The Morgan fingerprint density at radius 3 is 1.94 bits per heavy atom. The van der Waals surface area contributed by atoms with Gasteiger partial charge in [-0.15, -0.1) is 11.3 Å². The van der Waals surface area contributed by atoms with Crippen molar-refractivity contribution in [1.82, 2.24) is 9.97 Å². The van der Waals surface area contributed by atoms with Gasteiger partial charge in [-0.1, -0.05) is 160 Å². The van der Waals surface area contributed by atoms with E-state index in [1.165, 1.54) is 48.7 Å². The minimum absolute atomic E-state index is 0.0127. The summed E-state index contributed by atoms with van der Waals surface area (Å²) in [6, 6.07) is 59.0. The van der Waals surface area contributed by atoms with Crippen LogP contribution in [-0.2, 0) is 5.41 Å². The van der Waals surface area contributed by atoms with Gasteiger partial charge >= 0.3 is 0 Å². The van der Waals surface area contributed by atoms with Gasteiger partial charge in [0.1, 0.15) is 0 Å². The van der Waals surface area contributed by atoms with E-state index < -0.39 is 0 Å². The third-order valence-electron chi connectivity index (χ3n) is 9.72. The van der Waals surface area contributed by atoms with Crippen molar-refractivity contribution >= 4 is 43.1 Å². The smallest absolute Gasteiger partial charge is 0.0992 e. The van der Waals surface area contributed by atoms with E-state index in [9.17, 15) is 0 Å². The van der Waals surface area contributed by atoms with E-state index in [0.717, 1.165) is 44.0 Å². The molecule has 9 aromatic rings. The molecule has 51 heavy (non-hydrogen) atoms. The zero-order chi connectivity index (χ0) is 34.5. The molecule has 2 heterocycles. The highest BCUT2D eigenvalue weighted by Gasteiger charge is 2.21. The summed E-state index contributed by atoms with van der Waals surface area (Å²) in [7, 11) is 0. The largest absolute Gasteiger partial charge is 0.247 e. The molecule has 0 radical (unpaired) electrons. The molecule has 0 aliphatic heterocycles. The van der Waals surface area contributed by atoms with Gasteiger partial charge in [0.05, 0.1) is 26.6 Å². The van der Waals surface area contributed by atoms with Gasteiger partial charge in [0, 0.05) is 21.9 Å². The summed E-state index contributed by atoms with van der Waals surface area (Å²) in [5.41, 5.74) is 12.4. The number of benzene rings is 7. The van der Waals surface area contributed by atoms with Crippen molar-refractivity contribution in [2.45, 2.75) is 26.2 Å². The summed E-state index contributed by atoms with van der Waals surface area (Å²) < 4.78 is 1.22. The van der Waals surface area contributed by atoms with Crippen LogP contribution in [0, 0.1) is 0 Å². The van der Waals surface area contributed by atoms with Gasteiger partial charge in [-0.25, -0.2) is 9.97 Å². The molecule has 0 amide bonds. The second kappa shape index (κ2) is 12.5. The summed E-state index contributed by atoms with van der Waals surface area (Å²) >= 11 is 1.79. The van der Waals surface area contributed by atoms with E-state index in [1.807, 2.05) is 6.07 Å². The van der Waals surface area contributed by atoms with Crippen LogP contribution in [0.5, 0.6) is 0 Å². The van der Waals surface area contributed by atoms with Crippen LogP contribution < -0.4 is 0 Å². The van der Waals surface area contributed by atoms with Crippen LogP contribution in [0.1, 0.15) is 25.8 Å². The maximum atomic E-state index is 5.30. The van der Waals surface area contributed by atoms with Crippen molar-refractivity contribution in [3.05, 3.63) is 169 Å². The monoisotopic (exact) mass is 672 g/mol. The molecule has 0 saturated carbocycles. The molecule has 2 aromatic heterocycles. The predicted octanol–water partition coefficient (Wildman–Crippen LogP) is 13.6. The molecule has 0 aliphatic rings. The van der Waals surface area contributed by atoms with Crippen LogP contribution in [0.25, 0.3) is 87.7 Å². The number of nitrogens with zero attached hydrogens (tertiary/aromatic N) is 2. The number of pyridine rings is 1. The average molecular weight is 673 g/mol. The van der Waals surface area contributed by atoms with Gasteiger partial charge in [-0.2, -0.15) is 0 Å². The molecular weight excluding hydrogens is 637 g/mol. The molecule has 9 rings (SSSR count). The Morgan fingerprint density at radius 2 is 1.12 bits per heavy atom. The zero-order valence-corrected chi connectivity index (χ0v) is 29.7. The van der Waals surface area contributed by atoms with E-state index >= 15 is 0 Å². The molecule has 0 fully saturated rings. The lowest BCUT2D eigenvalue weighted by atomic mass is 9.85. The van der Waals surface area contributed by atoms with E-state index in [-0.39, 0.29) is 5.41 Å². The maximum absolute atomic E-state index is 5.30. The molecule has 3 heteroatoms. The van der Waals surface area contributed by atoms with E-state index in [2.05, 4.69) is 178 Å². The molecule has 0 bridgehead atoms. The number of aromatic nitrogens is 2. The molecule has 0 saturated heterocycles. The van der Waals surface area contributed by atoms with Gasteiger partial charge in [-0.05, 0) is 73.8 Å².